The van der Waals surface area contributed by atoms with Crippen molar-refractivity contribution in [3.63, 3.8) is 0 Å². The van der Waals surface area contributed by atoms with Gasteiger partial charge in [-0.3, -0.25) is 9.59 Å². The molecule has 1 atom stereocenters. The molecular weight excluding hydrogens is 296 g/mol. The summed E-state index contributed by atoms with van der Waals surface area (Å²) < 4.78 is 0. The molecule has 18 heavy (non-hydrogen) atoms. The lowest BCUT2D eigenvalue weighted by Crippen LogP contribution is -2.37. The summed E-state index contributed by atoms with van der Waals surface area (Å²) in [6.07, 6.45) is 0.882. The number of hydrogen-bond donors (Lipinski definition) is 1. The number of anilines is 1. The van der Waals surface area contributed by atoms with Crippen LogP contribution >= 0.6 is 15.9 Å². The first-order valence-corrected chi connectivity index (χ1v) is 7.00. The van der Waals surface area contributed by atoms with E-state index in [0.717, 1.165) is 23.0 Å². The van der Waals surface area contributed by atoms with E-state index in [0.29, 0.717) is 6.54 Å². The Balaban J connectivity index is 2.30. The topological polar surface area (TPSA) is 49.4 Å². The SMILES string of the molecule is CC(=O)NC1C(=O)N(CCCBr)c2ccccc21. The van der Waals surface area contributed by atoms with Crippen LogP contribution in [0.3, 0.4) is 0 Å². The Hall–Kier alpha value is -1.36. The fourth-order valence-electron chi connectivity index (χ4n) is 2.18. The Bertz CT molecular complexity index is 476. The van der Waals surface area contributed by atoms with Gasteiger partial charge in [0.05, 0.1) is 0 Å². The highest BCUT2D eigenvalue weighted by molar-refractivity contribution is 9.09. The zero-order valence-electron chi connectivity index (χ0n) is 10.1. The van der Waals surface area contributed by atoms with Crippen LogP contribution in [0.5, 0.6) is 0 Å². The van der Waals surface area contributed by atoms with E-state index in [1.807, 2.05) is 24.3 Å². The maximum atomic E-state index is 12.3. The summed E-state index contributed by atoms with van der Waals surface area (Å²) in [5.74, 6) is -0.238. The third-order valence-electron chi connectivity index (χ3n) is 2.91. The quantitative estimate of drug-likeness (QED) is 0.865. The second-order valence-electron chi connectivity index (χ2n) is 4.22. The van der Waals surface area contributed by atoms with Crippen molar-refractivity contribution in [2.75, 3.05) is 16.8 Å². The first kappa shape index (κ1) is 13.1. The number of hydrogen-bond acceptors (Lipinski definition) is 2. The number of amides is 2. The largest absolute Gasteiger partial charge is 0.341 e. The average molecular weight is 311 g/mol. The van der Waals surface area contributed by atoms with Crippen molar-refractivity contribution in [2.24, 2.45) is 0 Å². The van der Waals surface area contributed by atoms with Crippen LogP contribution in [0, 0.1) is 0 Å². The average Bonchev–Trinajstić information content (AvgIpc) is 2.60. The summed E-state index contributed by atoms with van der Waals surface area (Å²) in [6.45, 7) is 2.09. The van der Waals surface area contributed by atoms with Gasteiger partial charge in [-0.05, 0) is 12.5 Å². The zero-order valence-corrected chi connectivity index (χ0v) is 11.7. The molecule has 5 heteroatoms. The fourth-order valence-corrected chi connectivity index (χ4v) is 2.43. The number of carbonyl (C=O) groups is 2. The van der Waals surface area contributed by atoms with E-state index in [-0.39, 0.29) is 11.8 Å². The van der Waals surface area contributed by atoms with Crippen LogP contribution in [0.4, 0.5) is 5.69 Å². The smallest absolute Gasteiger partial charge is 0.254 e. The van der Waals surface area contributed by atoms with Gasteiger partial charge in [-0.2, -0.15) is 0 Å². The molecule has 2 amide bonds. The molecule has 1 heterocycles. The lowest BCUT2D eigenvalue weighted by atomic mass is 10.1. The van der Waals surface area contributed by atoms with Gasteiger partial charge in [-0.25, -0.2) is 0 Å². The minimum Gasteiger partial charge on any atom is -0.341 e. The summed E-state index contributed by atoms with van der Waals surface area (Å²) in [5.41, 5.74) is 1.79. The molecule has 0 spiro atoms. The predicted molar refractivity (Wildman–Crippen MR) is 73.8 cm³/mol. The first-order chi connectivity index (χ1) is 8.65. The summed E-state index contributed by atoms with van der Waals surface area (Å²) in [5, 5.41) is 3.56. The number of nitrogens with one attached hydrogen (secondary N) is 1. The molecule has 0 aromatic heterocycles. The predicted octanol–water partition coefficient (Wildman–Crippen LogP) is 2.00. The first-order valence-electron chi connectivity index (χ1n) is 5.88. The van der Waals surface area contributed by atoms with Gasteiger partial charge in [0.1, 0.15) is 6.04 Å². The number of benzene rings is 1. The van der Waals surface area contributed by atoms with Crippen LogP contribution in [0.15, 0.2) is 24.3 Å². The Morgan fingerprint density at radius 3 is 2.83 bits per heavy atom. The lowest BCUT2D eigenvalue weighted by molar-refractivity contribution is -0.126. The molecule has 0 aliphatic carbocycles. The molecule has 4 nitrogen and oxygen atoms in total. The normalized spacial score (nSPS) is 17.8. The van der Waals surface area contributed by atoms with E-state index < -0.39 is 6.04 Å². The van der Waals surface area contributed by atoms with Crippen molar-refractivity contribution in [3.05, 3.63) is 29.8 Å². The van der Waals surface area contributed by atoms with E-state index in [4.69, 9.17) is 0 Å². The Morgan fingerprint density at radius 2 is 2.17 bits per heavy atom. The second kappa shape index (κ2) is 5.52. The fraction of sp³-hybridized carbons (Fsp3) is 0.385. The van der Waals surface area contributed by atoms with Gasteiger partial charge < -0.3 is 10.2 Å². The van der Waals surface area contributed by atoms with Crippen molar-refractivity contribution in [2.45, 2.75) is 19.4 Å². The Morgan fingerprint density at radius 1 is 1.44 bits per heavy atom. The van der Waals surface area contributed by atoms with Crippen molar-refractivity contribution >= 4 is 33.4 Å². The molecule has 1 aromatic carbocycles. The molecule has 1 N–H and O–H groups in total. The number of nitrogens with zero attached hydrogens (tertiary/aromatic N) is 1. The van der Waals surface area contributed by atoms with Crippen molar-refractivity contribution < 1.29 is 9.59 Å². The molecule has 0 radical (unpaired) electrons. The Labute approximate surface area is 114 Å². The van der Waals surface area contributed by atoms with Crippen LogP contribution in [-0.4, -0.2) is 23.7 Å². The molecule has 0 fully saturated rings. The molecule has 0 saturated carbocycles. The maximum Gasteiger partial charge on any atom is 0.254 e. The summed E-state index contributed by atoms with van der Waals surface area (Å²) >= 11 is 3.36. The number of fused-ring (bicyclic) bond motifs is 1. The highest BCUT2D eigenvalue weighted by atomic mass is 79.9. The van der Waals surface area contributed by atoms with Crippen LogP contribution in [0.25, 0.3) is 0 Å². The van der Waals surface area contributed by atoms with Crippen molar-refractivity contribution in [1.82, 2.24) is 5.32 Å². The van der Waals surface area contributed by atoms with Gasteiger partial charge in [-0.15, -0.1) is 0 Å². The summed E-state index contributed by atoms with van der Waals surface area (Å²) in [6, 6.07) is 7.07. The van der Waals surface area contributed by atoms with E-state index >= 15 is 0 Å². The minimum absolute atomic E-state index is 0.0487. The zero-order chi connectivity index (χ0) is 13.1. The molecular formula is C13H15BrN2O2. The number of carbonyl (C=O) groups excluding carboxylic acids is 2. The number of rotatable bonds is 4. The van der Waals surface area contributed by atoms with E-state index in [1.54, 1.807) is 4.90 Å². The van der Waals surface area contributed by atoms with Crippen molar-refractivity contribution in [1.29, 1.82) is 0 Å². The molecule has 0 bridgehead atoms. The molecule has 1 aliphatic heterocycles. The lowest BCUT2D eigenvalue weighted by Gasteiger charge is -2.17. The van der Waals surface area contributed by atoms with Crippen molar-refractivity contribution in [3.8, 4) is 0 Å². The third kappa shape index (κ3) is 2.41. The second-order valence-corrected chi connectivity index (χ2v) is 5.02. The molecule has 96 valence electrons. The molecule has 1 aliphatic rings. The van der Waals surface area contributed by atoms with E-state index in [9.17, 15) is 9.59 Å². The minimum atomic E-state index is -0.533. The van der Waals surface area contributed by atoms with Gasteiger partial charge in [-0.1, -0.05) is 34.1 Å². The van der Waals surface area contributed by atoms with Crippen LogP contribution in [0.2, 0.25) is 0 Å². The molecule has 1 aromatic rings. The summed E-state index contributed by atoms with van der Waals surface area (Å²) in [4.78, 5) is 25.2. The van der Waals surface area contributed by atoms with Crippen LogP contribution in [0.1, 0.15) is 24.9 Å². The monoisotopic (exact) mass is 310 g/mol. The van der Waals surface area contributed by atoms with Gasteiger partial charge in [0.25, 0.3) is 5.91 Å². The van der Waals surface area contributed by atoms with Gasteiger partial charge in [0, 0.05) is 30.0 Å². The summed E-state index contributed by atoms with van der Waals surface area (Å²) in [7, 11) is 0. The van der Waals surface area contributed by atoms with E-state index in [1.165, 1.54) is 6.92 Å². The standard InChI is InChI=1S/C13H15BrN2O2/c1-9(17)15-12-10-5-2-3-6-11(10)16(13(12)18)8-4-7-14/h2-3,5-6,12H,4,7-8H2,1H3,(H,15,17). The van der Waals surface area contributed by atoms with Crippen LogP contribution in [-0.2, 0) is 9.59 Å². The van der Waals surface area contributed by atoms with E-state index in [2.05, 4.69) is 21.2 Å². The highest BCUT2D eigenvalue weighted by Gasteiger charge is 2.36. The number of para-hydroxylation sites is 1. The van der Waals surface area contributed by atoms with Gasteiger partial charge >= 0.3 is 0 Å². The maximum absolute atomic E-state index is 12.3. The number of alkyl halides is 1. The molecule has 2 rings (SSSR count). The van der Waals surface area contributed by atoms with Gasteiger partial charge in [0.2, 0.25) is 5.91 Å². The molecule has 0 saturated heterocycles. The highest BCUT2D eigenvalue weighted by Crippen LogP contribution is 2.35. The van der Waals surface area contributed by atoms with Crippen LogP contribution < -0.4 is 10.2 Å². The van der Waals surface area contributed by atoms with Gasteiger partial charge in [0.15, 0.2) is 0 Å². The molecule has 1 unspecified atom stereocenters. The Kier molecular flexibility index (Phi) is 4.01. The third-order valence-corrected chi connectivity index (χ3v) is 3.48. The number of halogens is 1.